The Balaban J connectivity index is 0.000000350. The zero-order valence-electron chi connectivity index (χ0n) is 26.3. The molecule has 4 rings (SSSR count). The summed E-state index contributed by atoms with van der Waals surface area (Å²) in [7, 11) is 2.16. The van der Waals surface area contributed by atoms with E-state index in [-0.39, 0.29) is 5.72 Å². The minimum atomic E-state index is -0.254. The van der Waals surface area contributed by atoms with Crippen molar-refractivity contribution >= 4 is 23.9 Å². The van der Waals surface area contributed by atoms with Crippen molar-refractivity contribution in [2.24, 2.45) is 0 Å². The summed E-state index contributed by atoms with van der Waals surface area (Å²) in [6, 6.07) is 9.89. The number of fused-ring (bicyclic) bond motifs is 1. The minimum absolute atomic E-state index is 0.254. The lowest BCUT2D eigenvalue weighted by Crippen LogP contribution is -2.57. The molecule has 1 spiro atoms. The number of piperidine rings is 1. The van der Waals surface area contributed by atoms with E-state index in [1.165, 1.54) is 24.6 Å². The van der Waals surface area contributed by atoms with E-state index >= 15 is 0 Å². The first-order chi connectivity index (χ1) is 19.1. The number of rotatable bonds is 6. The van der Waals surface area contributed by atoms with Gasteiger partial charge in [0.1, 0.15) is 12.0 Å². The van der Waals surface area contributed by atoms with Crippen LogP contribution in [0.5, 0.6) is 5.75 Å². The van der Waals surface area contributed by atoms with Crippen molar-refractivity contribution in [3.63, 3.8) is 0 Å². The number of ether oxygens (including phenoxy) is 1. The molecule has 1 saturated heterocycles. The molecule has 2 heterocycles. The summed E-state index contributed by atoms with van der Waals surface area (Å²) in [4.78, 5) is 12.9. The second-order valence-electron chi connectivity index (χ2n) is 10.6. The molecule has 1 fully saturated rings. The molecule has 0 aromatic heterocycles. The molecule has 2 aromatic carbocycles. The van der Waals surface area contributed by atoms with Gasteiger partial charge in [0, 0.05) is 60.2 Å². The molecule has 2 aromatic rings. The number of aldehydes is 1. The van der Waals surface area contributed by atoms with E-state index in [9.17, 15) is 4.79 Å². The summed E-state index contributed by atoms with van der Waals surface area (Å²) >= 11 is 0. The van der Waals surface area contributed by atoms with Gasteiger partial charge < -0.3 is 26.1 Å². The van der Waals surface area contributed by atoms with E-state index in [2.05, 4.69) is 76.7 Å². The maximum absolute atomic E-state index is 10.6. The number of likely N-dealkylation sites (tertiary alicyclic amines) is 1. The number of hydrogen-bond donors (Lipinski definition) is 3. The second kappa shape index (κ2) is 17.5. The Morgan fingerprint density at radius 3 is 2.23 bits per heavy atom. The van der Waals surface area contributed by atoms with E-state index in [4.69, 9.17) is 15.9 Å². The van der Waals surface area contributed by atoms with E-state index in [0.717, 1.165) is 73.2 Å². The van der Waals surface area contributed by atoms with Crippen LogP contribution in [-0.2, 0) is 6.42 Å². The molecule has 0 radical (unpaired) electrons. The van der Waals surface area contributed by atoms with Crippen LogP contribution in [0.1, 0.15) is 119 Å². The first kappa shape index (κ1) is 34.9. The van der Waals surface area contributed by atoms with Crippen molar-refractivity contribution in [2.45, 2.75) is 98.6 Å². The number of unbranched alkanes of at least 4 members (excludes halogenated alkanes) is 1. The lowest BCUT2D eigenvalue weighted by Gasteiger charge is -2.45. The summed E-state index contributed by atoms with van der Waals surface area (Å²) in [5, 5.41) is 10.8. The third-order valence-electron chi connectivity index (χ3n) is 7.09. The monoisotopic (exact) mass is 550 g/mol. The molecular weight excluding hydrogens is 496 g/mol. The molecule has 0 atom stereocenters. The fraction of sp³-hybridized carbons (Fsp3) is 0.529. The van der Waals surface area contributed by atoms with Crippen molar-refractivity contribution < 1.29 is 9.53 Å². The van der Waals surface area contributed by atoms with Crippen LogP contribution in [0.2, 0.25) is 0 Å². The highest BCUT2D eigenvalue weighted by molar-refractivity contribution is 5.90. The summed E-state index contributed by atoms with van der Waals surface area (Å²) < 4.78 is 6.32. The third kappa shape index (κ3) is 9.81. The molecule has 6 nitrogen and oxygen atoms in total. The average Bonchev–Trinajstić information content (AvgIpc) is 2.96. The molecule has 2 aliphatic rings. The molecule has 0 aliphatic carbocycles. The van der Waals surface area contributed by atoms with Gasteiger partial charge >= 0.3 is 0 Å². The van der Waals surface area contributed by atoms with Crippen LogP contribution in [0.15, 0.2) is 36.9 Å². The van der Waals surface area contributed by atoms with Crippen molar-refractivity contribution in [1.29, 1.82) is 5.41 Å². The number of benzene rings is 2. The van der Waals surface area contributed by atoms with Gasteiger partial charge in [-0.2, -0.15) is 0 Å². The Morgan fingerprint density at radius 2 is 1.73 bits per heavy atom. The minimum Gasteiger partial charge on any atom is -0.467 e. The van der Waals surface area contributed by atoms with Gasteiger partial charge in [0.05, 0.1) is 0 Å². The van der Waals surface area contributed by atoms with E-state index < -0.39 is 0 Å². The molecule has 2 aliphatic heterocycles. The van der Waals surface area contributed by atoms with Crippen molar-refractivity contribution in [3.8, 4) is 5.75 Å². The van der Waals surface area contributed by atoms with Crippen LogP contribution in [0.3, 0.4) is 0 Å². The van der Waals surface area contributed by atoms with Gasteiger partial charge in [-0.1, -0.05) is 80.4 Å². The quantitative estimate of drug-likeness (QED) is 0.192. The number of anilines is 1. The second-order valence-corrected chi connectivity index (χ2v) is 10.6. The zero-order valence-corrected chi connectivity index (χ0v) is 26.3. The lowest BCUT2D eigenvalue weighted by atomic mass is 9.94. The Hall–Kier alpha value is -3.12. The van der Waals surface area contributed by atoms with Gasteiger partial charge in [-0.25, -0.2) is 0 Å². The highest BCUT2D eigenvalue weighted by Crippen LogP contribution is 2.38. The van der Waals surface area contributed by atoms with Gasteiger partial charge in [-0.15, -0.1) is 0 Å². The van der Waals surface area contributed by atoms with Crippen molar-refractivity contribution in [3.05, 3.63) is 64.7 Å². The van der Waals surface area contributed by atoms with Crippen LogP contribution in [0.4, 0.5) is 5.69 Å². The first-order valence-electron chi connectivity index (χ1n) is 15.0. The molecule has 4 N–H and O–H groups in total. The molecule has 0 amide bonds. The molecular formula is C34H54N4O2. The number of aryl methyl sites for hydroxylation is 1. The van der Waals surface area contributed by atoms with Gasteiger partial charge in [0.25, 0.3) is 0 Å². The number of nitrogens with two attached hydrogens (primary N) is 1. The van der Waals surface area contributed by atoms with Gasteiger partial charge in [-0.05, 0) is 54.8 Å². The Kier molecular flexibility index (Phi) is 15.3. The number of nitrogens with one attached hydrogen (secondary N) is 2. The third-order valence-corrected chi connectivity index (χ3v) is 7.09. The normalized spacial score (nSPS) is 15.1. The molecule has 40 heavy (non-hydrogen) atoms. The van der Waals surface area contributed by atoms with Crippen LogP contribution < -0.4 is 15.8 Å². The number of nitrogen functional groups attached to an aromatic ring is 1. The standard InChI is InChI=1S/C17H24N2O.C11H14N2O.C4H10.C2H6/c1-12(2)14-5-6-16-15(11-14)13(3)18-17(20-16)7-9-19(4)10-8-17;1-2-3-9-4-8(7-14)5-11(13)10(9)6-12;1-3-4-2;1-2/h5-6,11-12,18H,3,7-10H2,1-2,4H3;4-7,12H,2-3,13H2,1H3;3-4H2,1-2H3;1-2H3. The Bertz CT molecular complexity index is 1080. The number of nitrogens with zero attached hydrogens (tertiary/aromatic N) is 1. The number of hydrogen-bond acceptors (Lipinski definition) is 6. The molecule has 0 unspecified atom stereocenters. The molecule has 6 heteroatoms. The molecule has 222 valence electrons. The maximum Gasteiger partial charge on any atom is 0.183 e. The first-order valence-corrected chi connectivity index (χ1v) is 15.0. The molecule has 0 saturated carbocycles. The smallest absolute Gasteiger partial charge is 0.183 e. The average molecular weight is 551 g/mol. The van der Waals surface area contributed by atoms with Crippen LogP contribution in [-0.4, -0.2) is 43.3 Å². The van der Waals surface area contributed by atoms with Gasteiger partial charge in [-0.3, -0.25) is 4.79 Å². The van der Waals surface area contributed by atoms with Gasteiger partial charge in [0.2, 0.25) is 0 Å². The van der Waals surface area contributed by atoms with Crippen molar-refractivity contribution in [2.75, 3.05) is 25.9 Å². The lowest BCUT2D eigenvalue weighted by molar-refractivity contribution is -0.0130. The van der Waals surface area contributed by atoms with E-state index in [0.29, 0.717) is 17.2 Å². The predicted octanol–water partition coefficient (Wildman–Crippen LogP) is 8.05. The topological polar surface area (TPSA) is 91.4 Å². The van der Waals surface area contributed by atoms with E-state index in [1.807, 2.05) is 13.8 Å². The fourth-order valence-electron chi connectivity index (χ4n) is 4.50. The highest BCUT2D eigenvalue weighted by atomic mass is 16.5. The largest absolute Gasteiger partial charge is 0.467 e. The van der Waals surface area contributed by atoms with Crippen LogP contribution in [0.25, 0.3) is 5.70 Å². The van der Waals surface area contributed by atoms with Crippen LogP contribution in [0, 0.1) is 5.41 Å². The van der Waals surface area contributed by atoms with E-state index in [1.54, 1.807) is 12.1 Å². The number of carbonyl (C=O) groups excluding carboxylic acids is 1. The highest BCUT2D eigenvalue weighted by Gasteiger charge is 2.39. The summed E-state index contributed by atoms with van der Waals surface area (Å²) in [6.45, 7) is 21.2. The summed E-state index contributed by atoms with van der Waals surface area (Å²) in [5.41, 5.74) is 11.7. The Morgan fingerprint density at radius 1 is 1.10 bits per heavy atom. The Labute approximate surface area is 243 Å². The van der Waals surface area contributed by atoms with Crippen molar-refractivity contribution in [1.82, 2.24) is 10.2 Å². The fourth-order valence-corrected chi connectivity index (χ4v) is 4.50. The number of carbonyl (C=O) groups is 1. The molecule has 0 bridgehead atoms. The zero-order chi connectivity index (χ0) is 30.3. The van der Waals surface area contributed by atoms with Gasteiger partial charge in [0.15, 0.2) is 5.72 Å². The SMILES string of the molecule is C=C1NC2(CCN(C)CC2)Oc2ccc(C(C)C)cc21.CC.CCCC.CCCc1cc(C=O)cc(N)c1C=N. The summed E-state index contributed by atoms with van der Waals surface area (Å²) in [6.07, 6.45) is 8.47. The summed E-state index contributed by atoms with van der Waals surface area (Å²) in [5.74, 6) is 1.50. The van der Waals surface area contributed by atoms with Crippen LogP contribution >= 0.6 is 0 Å². The predicted molar refractivity (Wildman–Crippen MR) is 173 cm³/mol. The maximum atomic E-state index is 10.6.